The molecule has 0 radical (unpaired) electrons. The highest BCUT2D eigenvalue weighted by atomic mass is 19.4. The molecule has 4 N–H and O–H groups in total. The molecule has 0 aliphatic rings. The molecule has 0 saturated carbocycles. The van der Waals surface area contributed by atoms with Crippen LogP contribution in [0.3, 0.4) is 0 Å². The van der Waals surface area contributed by atoms with Crippen molar-refractivity contribution in [3.8, 4) is 5.75 Å². The summed E-state index contributed by atoms with van der Waals surface area (Å²) in [7, 11) is 1.63. The van der Waals surface area contributed by atoms with Gasteiger partial charge in [-0.15, -0.1) is 0 Å². The number of hydrogen-bond acceptors (Lipinski definition) is 3. The molecule has 1 aromatic rings. The van der Waals surface area contributed by atoms with Gasteiger partial charge in [0.2, 0.25) is 0 Å². The van der Waals surface area contributed by atoms with Crippen LogP contribution in [0.1, 0.15) is 0 Å². The third kappa shape index (κ3) is 5.74. The molecule has 1 aromatic carbocycles. The molecular formula is C9H11F3N2O2. The number of primary amides is 1. The van der Waals surface area contributed by atoms with Gasteiger partial charge in [0, 0.05) is 5.69 Å². The summed E-state index contributed by atoms with van der Waals surface area (Å²) in [6, 6.07) is 7.27. The Morgan fingerprint density at radius 1 is 1.25 bits per heavy atom. The summed E-state index contributed by atoms with van der Waals surface area (Å²) < 4.78 is 37.0. The van der Waals surface area contributed by atoms with E-state index in [-0.39, 0.29) is 0 Å². The molecule has 0 spiro atoms. The van der Waals surface area contributed by atoms with Crippen LogP contribution in [0.5, 0.6) is 5.75 Å². The minimum absolute atomic E-state index is 0.760. The highest BCUT2D eigenvalue weighted by molar-refractivity contribution is 5.79. The van der Waals surface area contributed by atoms with E-state index in [0.717, 1.165) is 11.4 Å². The van der Waals surface area contributed by atoms with Gasteiger partial charge in [0.15, 0.2) is 0 Å². The number of carbonyl (C=O) groups excluding carboxylic acids is 1. The van der Waals surface area contributed by atoms with E-state index in [0.29, 0.717) is 0 Å². The Morgan fingerprint density at radius 2 is 1.62 bits per heavy atom. The fourth-order valence-corrected chi connectivity index (χ4v) is 0.604. The van der Waals surface area contributed by atoms with Crippen LogP contribution >= 0.6 is 0 Å². The molecule has 0 bridgehead atoms. The lowest BCUT2D eigenvalue weighted by atomic mass is 10.3. The van der Waals surface area contributed by atoms with Crippen LogP contribution in [0, 0.1) is 0 Å². The zero-order valence-electron chi connectivity index (χ0n) is 8.41. The molecule has 16 heavy (non-hydrogen) atoms. The maximum absolute atomic E-state index is 10.7. The molecule has 0 atom stereocenters. The summed E-state index contributed by atoms with van der Waals surface area (Å²) in [6.45, 7) is 0. The Labute approximate surface area is 90.0 Å². The number of amides is 1. The first-order chi connectivity index (χ1) is 7.27. The molecule has 0 fully saturated rings. The number of anilines is 1. The summed E-state index contributed by atoms with van der Waals surface area (Å²) >= 11 is 0. The van der Waals surface area contributed by atoms with Crippen LogP contribution in [0.4, 0.5) is 18.9 Å². The van der Waals surface area contributed by atoms with E-state index in [1.807, 2.05) is 12.1 Å². The van der Waals surface area contributed by atoms with Crippen molar-refractivity contribution >= 4 is 11.6 Å². The van der Waals surface area contributed by atoms with Crippen LogP contribution in [0.25, 0.3) is 0 Å². The summed E-state index contributed by atoms with van der Waals surface area (Å²) in [6.07, 6.45) is -4.86. The largest absolute Gasteiger partial charge is 0.497 e. The zero-order chi connectivity index (χ0) is 12.8. The average Bonchev–Trinajstić information content (AvgIpc) is 2.18. The topological polar surface area (TPSA) is 78.3 Å². The lowest BCUT2D eigenvalue weighted by Crippen LogP contribution is -2.30. The maximum atomic E-state index is 10.7. The number of alkyl halides is 3. The van der Waals surface area contributed by atoms with E-state index >= 15 is 0 Å². The van der Waals surface area contributed by atoms with Crippen LogP contribution in [-0.2, 0) is 4.79 Å². The van der Waals surface area contributed by atoms with Gasteiger partial charge in [0.25, 0.3) is 0 Å². The van der Waals surface area contributed by atoms with Gasteiger partial charge < -0.3 is 16.2 Å². The predicted octanol–water partition coefficient (Wildman–Crippen LogP) is 1.31. The first-order valence-electron chi connectivity index (χ1n) is 4.03. The Balaban J connectivity index is 0.000000293. The molecule has 90 valence electrons. The van der Waals surface area contributed by atoms with Crippen molar-refractivity contribution in [2.24, 2.45) is 5.73 Å². The summed E-state index contributed by atoms with van der Waals surface area (Å²) in [4.78, 5) is 9.12. The number of hydrogen-bond donors (Lipinski definition) is 2. The van der Waals surface area contributed by atoms with Crippen molar-refractivity contribution in [1.82, 2.24) is 0 Å². The van der Waals surface area contributed by atoms with Crippen molar-refractivity contribution in [1.29, 1.82) is 0 Å². The summed E-state index contributed by atoms with van der Waals surface area (Å²) in [5, 5.41) is 0. The molecular weight excluding hydrogens is 225 g/mol. The van der Waals surface area contributed by atoms with Crippen molar-refractivity contribution in [3.63, 3.8) is 0 Å². The van der Waals surface area contributed by atoms with Gasteiger partial charge in [-0.1, -0.05) is 0 Å². The van der Waals surface area contributed by atoms with Gasteiger partial charge >= 0.3 is 12.1 Å². The number of methoxy groups -OCH3 is 1. The minimum atomic E-state index is -4.86. The SMILES string of the molecule is COc1ccc(N)cc1.NC(=O)C(F)(F)F. The maximum Gasteiger partial charge on any atom is 0.470 e. The van der Waals surface area contributed by atoms with Crippen LogP contribution in [0.15, 0.2) is 24.3 Å². The average molecular weight is 236 g/mol. The summed E-state index contributed by atoms with van der Waals surface area (Å²) in [5.41, 5.74) is 9.99. The number of rotatable bonds is 1. The molecule has 1 rings (SSSR count). The molecule has 7 heteroatoms. The number of nitrogens with two attached hydrogens (primary N) is 2. The fourth-order valence-electron chi connectivity index (χ4n) is 0.604. The number of carbonyl (C=O) groups is 1. The summed E-state index contributed by atoms with van der Waals surface area (Å²) in [5.74, 6) is -1.42. The van der Waals surface area contributed by atoms with Gasteiger partial charge in [-0.05, 0) is 24.3 Å². The quantitative estimate of drug-likeness (QED) is 0.721. The monoisotopic (exact) mass is 236 g/mol. The fraction of sp³-hybridized carbons (Fsp3) is 0.222. The second kappa shape index (κ2) is 5.84. The van der Waals surface area contributed by atoms with E-state index in [1.54, 1.807) is 19.2 Å². The van der Waals surface area contributed by atoms with E-state index < -0.39 is 12.1 Å². The van der Waals surface area contributed by atoms with Crippen LogP contribution in [0.2, 0.25) is 0 Å². The van der Waals surface area contributed by atoms with Gasteiger partial charge in [-0.25, -0.2) is 0 Å². The van der Waals surface area contributed by atoms with E-state index in [2.05, 4.69) is 5.73 Å². The second-order valence-electron chi connectivity index (χ2n) is 2.64. The van der Waals surface area contributed by atoms with Gasteiger partial charge in [-0.2, -0.15) is 13.2 Å². The molecule has 0 aliphatic heterocycles. The Morgan fingerprint density at radius 3 is 1.88 bits per heavy atom. The number of nitrogen functional groups attached to an aromatic ring is 1. The van der Waals surface area contributed by atoms with Gasteiger partial charge in [0.1, 0.15) is 5.75 Å². The van der Waals surface area contributed by atoms with Crippen molar-refractivity contribution in [3.05, 3.63) is 24.3 Å². The molecule has 0 heterocycles. The standard InChI is InChI=1S/C7H9NO.C2H2F3NO/c1-9-7-4-2-6(8)3-5-7;3-2(4,5)1(6)7/h2-5H,8H2,1H3;(H2,6,7). The Kier molecular flexibility index (Phi) is 5.14. The molecule has 0 aliphatic carbocycles. The lowest BCUT2D eigenvalue weighted by molar-refractivity contribution is -0.169. The third-order valence-electron chi connectivity index (χ3n) is 1.40. The van der Waals surface area contributed by atoms with Crippen LogP contribution < -0.4 is 16.2 Å². The van der Waals surface area contributed by atoms with Crippen molar-refractivity contribution in [2.45, 2.75) is 6.18 Å². The molecule has 0 saturated heterocycles. The van der Waals surface area contributed by atoms with Gasteiger partial charge in [-0.3, -0.25) is 4.79 Å². The van der Waals surface area contributed by atoms with Crippen LogP contribution in [-0.4, -0.2) is 19.2 Å². The smallest absolute Gasteiger partial charge is 0.470 e. The number of benzene rings is 1. The molecule has 1 amide bonds. The Bertz CT molecular complexity index is 336. The second-order valence-corrected chi connectivity index (χ2v) is 2.64. The zero-order valence-corrected chi connectivity index (χ0v) is 8.41. The molecule has 0 aromatic heterocycles. The van der Waals surface area contributed by atoms with E-state index in [9.17, 15) is 13.2 Å². The predicted molar refractivity (Wildman–Crippen MR) is 52.7 cm³/mol. The first-order valence-corrected chi connectivity index (χ1v) is 4.03. The van der Waals surface area contributed by atoms with E-state index in [4.69, 9.17) is 15.3 Å². The highest BCUT2D eigenvalue weighted by Crippen LogP contribution is 2.12. The Hall–Kier alpha value is -1.92. The lowest BCUT2D eigenvalue weighted by Gasteiger charge is -1.97. The van der Waals surface area contributed by atoms with Crippen molar-refractivity contribution < 1.29 is 22.7 Å². The third-order valence-corrected chi connectivity index (χ3v) is 1.40. The minimum Gasteiger partial charge on any atom is -0.497 e. The molecule has 4 nitrogen and oxygen atoms in total. The van der Waals surface area contributed by atoms with Gasteiger partial charge in [0.05, 0.1) is 7.11 Å². The van der Waals surface area contributed by atoms with Crippen molar-refractivity contribution in [2.75, 3.05) is 12.8 Å². The number of halogens is 3. The highest BCUT2D eigenvalue weighted by Gasteiger charge is 2.35. The first kappa shape index (κ1) is 14.1. The molecule has 0 unspecified atom stereocenters. The number of ether oxygens (including phenoxy) is 1. The normalized spacial score (nSPS) is 10.0. The van der Waals surface area contributed by atoms with E-state index in [1.165, 1.54) is 0 Å².